The minimum absolute atomic E-state index is 0.277. The maximum Gasteiger partial charge on any atom is 0.421 e. The van der Waals surface area contributed by atoms with Crippen LogP contribution in [0.2, 0.25) is 0 Å². The minimum atomic E-state index is -0.277. The van der Waals surface area contributed by atoms with Gasteiger partial charge in [-0.3, -0.25) is 9.47 Å². The zero-order chi connectivity index (χ0) is 14.1. The summed E-state index contributed by atoms with van der Waals surface area (Å²) in [5.41, 5.74) is 1.50. The van der Waals surface area contributed by atoms with Crippen LogP contribution in [0.4, 0.5) is 0 Å². The van der Waals surface area contributed by atoms with Crippen LogP contribution >= 0.6 is 15.9 Å². The molecule has 1 aromatic heterocycles. The highest BCUT2D eigenvalue weighted by atomic mass is 79.9. The predicted molar refractivity (Wildman–Crippen MR) is 82.8 cm³/mol. The molecule has 0 spiro atoms. The van der Waals surface area contributed by atoms with Crippen molar-refractivity contribution in [2.24, 2.45) is 0 Å². The molecule has 1 aliphatic rings. The predicted octanol–water partition coefficient (Wildman–Crippen LogP) is 3.58. The van der Waals surface area contributed by atoms with Crippen molar-refractivity contribution in [3.8, 4) is 0 Å². The number of nitrogens with zero attached hydrogens (tertiary/aromatic N) is 2. The van der Waals surface area contributed by atoms with E-state index < -0.39 is 0 Å². The lowest BCUT2D eigenvalue weighted by Gasteiger charge is -2.31. The summed E-state index contributed by atoms with van der Waals surface area (Å²) in [6.07, 6.45) is 6.39. The molecule has 1 aromatic carbocycles. The van der Waals surface area contributed by atoms with Crippen LogP contribution in [0.5, 0.6) is 0 Å². The van der Waals surface area contributed by atoms with Crippen molar-refractivity contribution < 1.29 is 4.42 Å². The van der Waals surface area contributed by atoms with Gasteiger partial charge in [0.25, 0.3) is 0 Å². The Labute approximate surface area is 126 Å². The Morgan fingerprint density at radius 2 is 2.10 bits per heavy atom. The highest BCUT2D eigenvalue weighted by Crippen LogP contribution is 2.23. The average Bonchev–Trinajstić information content (AvgIpc) is 2.75. The second-order valence-electron chi connectivity index (χ2n) is 5.60. The first-order chi connectivity index (χ1) is 9.65. The van der Waals surface area contributed by atoms with Crippen molar-refractivity contribution in [3.05, 3.63) is 33.2 Å². The van der Waals surface area contributed by atoms with Gasteiger partial charge >= 0.3 is 5.76 Å². The molecule has 0 bridgehead atoms. The first-order valence-electron chi connectivity index (χ1n) is 7.14. The van der Waals surface area contributed by atoms with Crippen molar-refractivity contribution in [3.63, 3.8) is 0 Å². The first-order valence-corrected chi connectivity index (χ1v) is 7.93. The molecular formula is C15H19BrN2O2. The third-order valence-electron chi connectivity index (χ3n) is 4.19. The van der Waals surface area contributed by atoms with E-state index in [0.29, 0.717) is 18.3 Å². The number of halogens is 1. The van der Waals surface area contributed by atoms with E-state index in [2.05, 4.69) is 27.9 Å². The second kappa shape index (κ2) is 5.74. The SMILES string of the molecule is CN(Cn1c(=O)oc2cc(Br)ccc21)C1CCCCC1. The third-order valence-corrected chi connectivity index (χ3v) is 4.69. The zero-order valence-electron chi connectivity index (χ0n) is 11.6. The van der Waals surface area contributed by atoms with E-state index in [9.17, 15) is 4.79 Å². The van der Waals surface area contributed by atoms with Gasteiger partial charge in [-0.15, -0.1) is 0 Å². The molecule has 0 saturated heterocycles. The van der Waals surface area contributed by atoms with Crippen LogP contribution < -0.4 is 5.76 Å². The van der Waals surface area contributed by atoms with Crippen LogP contribution in [-0.2, 0) is 6.67 Å². The summed E-state index contributed by atoms with van der Waals surface area (Å²) in [7, 11) is 2.10. The maximum absolute atomic E-state index is 12.0. The van der Waals surface area contributed by atoms with Gasteiger partial charge in [0, 0.05) is 10.5 Å². The minimum Gasteiger partial charge on any atom is -0.408 e. The summed E-state index contributed by atoms with van der Waals surface area (Å²) in [4.78, 5) is 14.3. The summed E-state index contributed by atoms with van der Waals surface area (Å²) in [6.45, 7) is 0.595. The molecule has 0 atom stereocenters. The fourth-order valence-electron chi connectivity index (χ4n) is 3.03. The van der Waals surface area contributed by atoms with Crippen LogP contribution in [0, 0.1) is 0 Å². The lowest BCUT2D eigenvalue weighted by molar-refractivity contribution is 0.151. The average molecular weight is 339 g/mol. The third kappa shape index (κ3) is 2.69. The molecule has 108 valence electrons. The van der Waals surface area contributed by atoms with Crippen molar-refractivity contribution >= 4 is 27.0 Å². The largest absolute Gasteiger partial charge is 0.421 e. The molecule has 1 aliphatic carbocycles. The van der Waals surface area contributed by atoms with Gasteiger partial charge < -0.3 is 4.42 Å². The molecule has 1 fully saturated rings. The molecular weight excluding hydrogens is 320 g/mol. The Morgan fingerprint density at radius 1 is 1.35 bits per heavy atom. The molecule has 1 heterocycles. The van der Waals surface area contributed by atoms with Crippen LogP contribution in [0.3, 0.4) is 0 Å². The molecule has 0 radical (unpaired) electrons. The van der Waals surface area contributed by atoms with E-state index in [1.165, 1.54) is 32.1 Å². The van der Waals surface area contributed by atoms with Gasteiger partial charge in [-0.1, -0.05) is 35.2 Å². The van der Waals surface area contributed by atoms with Gasteiger partial charge in [-0.2, -0.15) is 0 Å². The number of hydrogen-bond donors (Lipinski definition) is 0. The number of benzene rings is 1. The van der Waals surface area contributed by atoms with Crippen LogP contribution in [0.15, 0.2) is 31.9 Å². The van der Waals surface area contributed by atoms with Crippen molar-refractivity contribution in [1.29, 1.82) is 0 Å². The van der Waals surface area contributed by atoms with Crippen molar-refractivity contribution in [1.82, 2.24) is 9.47 Å². The van der Waals surface area contributed by atoms with E-state index >= 15 is 0 Å². The zero-order valence-corrected chi connectivity index (χ0v) is 13.2. The van der Waals surface area contributed by atoms with Gasteiger partial charge in [-0.05, 0) is 38.1 Å². The summed E-state index contributed by atoms with van der Waals surface area (Å²) >= 11 is 3.40. The van der Waals surface area contributed by atoms with Crippen LogP contribution in [0.1, 0.15) is 32.1 Å². The van der Waals surface area contributed by atoms with E-state index in [4.69, 9.17) is 4.42 Å². The maximum atomic E-state index is 12.0. The number of oxazole rings is 1. The van der Waals surface area contributed by atoms with Gasteiger partial charge in [0.15, 0.2) is 5.58 Å². The van der Waals surface area contributed by atoms with Gasteiger partial charge in [-0.25, -0.2) is 4.79 Å². The van der Waals surface area contributed by atoms with Gasteiger partial charge in [0.1, 0.15) is 0 Å². The molecule has 0 amide bonds. The highest BCUT2D eigenvalue weighted by Gasteiger charge is 2.20. The molecule has 5 heteroatoms. The van der Waals surface area contributed by atoms with Crippen LogP contribution in [0.25, 0.3) is 11.1 Å². The van der Waals surface area contributed by atoms with E-state index in [1.807, 2.05) is 18.2 Å². The van der Waals surface area contributed by atoms with E-state index in [0.717, 1.165) is 9.99 Å². The summed E-state index contributed by atoms with van der Waals surface area (Å²) in [6, 6.07) is 6.29. The summed E-state index contributed by atoms with van der Waals surface area (Å²) < 4.78 is 7.96. The summed E-state index contributed by atoms with van der Waals surface area (Å²) in [5.74, 6) is -0.277. The summed E-state index contributed by atoms with van der Waals surface area (Å²) in [5, 5.41) is 0. The topological polar surface area (TPSA) is 38.4 Å². The normalized spacial score (nSPS) is 17.1. The number of aromatic nitrogens is 1. The Morgan fingerprint density at radius 3 is 2.85 bits per heavy atom. The molecule has 0 aliphatic heterocycles. The molecule has 2 aromatic rings. The lowest BCUT2D eigenvalue weighted by Crippen LogP contribution is -2.37. The van der Waals surface area contributed by atoms with Crippen molar-refractivity contribution in [2.45, 2.75) is 44.8 Å². The monoisotopic (exact) mass is 338 g/mol. The molecule has 1 saturated carbocycles. The Bertz CT molecular complexity index is 655. The lowest BCUT2D eigenvalue weighted by atomic mass is 9.95. The Balaban J connectivity index is 1.86. The fraction of sp³-hybridized carbons (Fsp3) is 0.533. The molecule has 0 N–H and O–H groups in total. The number of rotatable bonds is 3. The van der Waals surface area contributed by atoms with E-state index in [1.54, 1.807) is 4.57 Å². The second-order valence-corrected chi connectivity index (χ2v) is 6.51. The van der Waals surface area contributed by atoms with Crippen molar-refractivity contribution in [2.75, 3.05) is 7.05 Å². The fourth-order valence-corrected chi connectivity index (χ4v) is 3.37. The Hall–Kier alpha value is -1.07. The van der Waals surface area contributed by atoms with E-state index in [-0.39, 0.29) is 5.76 Å². The quantitative estimate of drug-likeness (QED) is 0.858. The number of hydrogen-bond acceptors (Lipinski definition) is 3. The molecule has 20 heavy (non-hydrogen) atoms. The number of fused-ring (bicyclic) bond motifs is 1. The Kier molecular flexibility index (Phi) is 3.98. The highest BCUT2D eigenvalue weighted by molar-refractivity contribution is 9.10. The standard InChI is InChI=1S/C15H19BrN2O2/c1-17(12-5-3-2-4-6-12)10-18-13-8-7-11(16)9-14(13)20-15(18)19/h7-9,12H,2-6,10H2,1H3. The molecule has 4 nitrogen and oxygen atoms in total. The first kappa shape index (κ1) is 13.9. The molecule has 0 unspecified atom stereocenters. The van der Waals surface area contributed by atoms with Gasteiger partial charge in [0.2, 0.25) is 0 Å². The van der Waals surface area contributed by atoms with Gasteiger partial charge in [0.05, 0.1) is 12.2 Å². The smallest absolute Gasteiger partial charge is 0.408 e. The van der Waals surface area contributed by atoms with Crippen LogP contribution in [-0.4, -0.2) is 22.6 Å². The molecule has 3 rings (SSSR count).